The van der Waals surface area contributed by atoms with E-state index >= 15 is 0 Å². The zero-order valence-corrected chi connectivity index (χ0v) is 18.6. The summed E-state index contributed by atoms with van der Waals surface area (Å²) < 4.78 is 17.2. The van der Waals surface area contributed by atoms with Gasteiger partial charge in [0.25, 0.3) is 0 Å². The average Bonchev–Trinajstić information content (AvgIpc) is 2.82. The summed E-state index contributed by atoms with van der Waals surface area (Å²) >= 11 is 0. The Hall–Kier alpha value is -2.98. The Morgan fingerprint density at radius 3 is 2.35 bits per heavy atom. The lowest BCUT2D eigenvalue weighted by Gasteiger charge is -2.37. The molecule has 1 heterocycles. The van der Waals surface area contributed by atoms with Gasteiger partial charge in [-0.25, -0.2) is 0 Å². The summed E-state index contributed by atoms with van der Waals surface area (Å²) in [5.74, 6) is 2.52. The highest BCUT2D eigenvalue weighted by Crippen LogP contribution is 2.36. The van der Waals surface area contributed by atoms with Crippen LogP contribution in [0.5, 0.6) is 17.2 Å². The van der Waals surface area contributed by atoms with E-state index in [1.165, 1.54) is 16.7 Å². The van der Waals surface area contributed by atoms with Crippen LogP contribution in [0.4, 0.5) is 0 Å². The van der Waals surface area contributed by atoms with Crippen molar-refractivity contribution in [2.24, 2.45) is 0 Å². The Morgan fingerprint density at radius 1 is 0.839 bits per heavy atom. The molecular weight excluding hydrogens is 386 g/mol. The number of rotatable bonds is 8. The second-order valence-electron chi connectivity index (χ2n) is 8.07. The van der Waals surface area contributed by atoms with Crippen molar-refractivity contribution in [3.8, 4) is 17.2 Å². The molecule has 0 N–H and O–H groups in total. The minimum atomic E-state index is 0.495. The van der Waals surface area contributed by atoms with Crippen molar-refractivity contribution in [1.29, 1.82) is 0 Å². The number of hydrogen-bond donors (Lipinski definition) is 0. The van der Waals surface area contributed by atoms with Crippen LogP contribution in [0.1, 0.15) is 35.6 Å². The summed E-state index contributed by atoms with van der Waals surface area (Å²) in [5, 5.41) is 0. The number of hydrogen-bond acceptors (Lipinski definition) is 4. The normalized spacial score (nSPS) is 15.9. The van der Waals surface area contributed by atoms with Gasteiger partial charge in [0, 0.05) is 19.1 Å². The SMILES string of the molecule is CCC1Cc2cc(OCc3ccccc3)c(OC)cc2CN1Cc1cccc(OC)c1. The third-order valence-corrected chi connectivity index (χ3v) is 6.06. The molecule has 4 heteroatoms. The molecule has 0 aromatic heterocycles. The maximum absolute atomic E-state index is 6.14. The van der Waals surface area contributed by atoms with Crippen LogP contribution >= 0.6 is 0 Å². The van der Waals surface area contributed by atoms with Crippen molar-refractivity contribution in [1.82, 2.24) is 4.90 Å². The smallest absolute Gasteiger partial charge is 0.161 e. The van der Waals surface area contributed by atoms with E-state index in [2.05, 4.69) is 54.3 Å². The van der Waals surface area contributed by atoms with Crippen LogP contribution in [0.25, 0.3) is 0 Å². The Bertz CT molecular complexity index is 1000. The lowest BCUT2D eigenvalue weighted by atomic mass is 9.91. The molecule has 0 bridgehead atoms. The number of benzene rings is 3. The molecule has 162 valence electrons. The van der Waals surface area contributed by atoms with Crippen molar-refractivity contribution in [3.05, 3.63) is 89.0 Å². The van der Waals surface area contributed by atoms with Crippen LogP contribution in [-0.2, 0) is 26.1 Å². The van der Waals surface area contributed by atoms with E-state index in [4.69, 9.17) is 14.2 Å². The minimum Gasteiger partial charge on any atom is -0.497 e. The first kappa shape index (κ1) is 21.3. The molecular formula is C27H31NO3. The maximum Gasteiger partial charge on any atom is 0.161 e. The molecule has 31 heavy (non-hydrogen) atoms. The standard InChI is InChI=1S/C27H31NO3/c1-4-24-14-22-15-27(31-19-20-9-6-5-7-10-20)26(30-3)16-23(22)18-28(24)17-21-11-8-12-25(13-21)29-2/h5-13,15-16,24H,4,14,17-19H2,1-3H3. The van der Waals surface area contributed by atoms with Crippen LogP contribution in [0, 0.1) is 0 Å². The molecule has 0 saturated heterocycles. The molecule has 0 aliphatic carbocycles. The summed E-state index contributed by atoms with van der Waals surface area (Å²) in [6.07, 6.45) is 2.12. The van der Waals surface area contributed by atoms with Gasteiger partial charge in [0.05, 0.1) is 14.2 Å². The summed E-state index contributed by atoms with van der Waals surface area (Å²) in [6, 6.07) is 23.4. The topological polar surface area (TPSA) is 30.9 Å². The summed E-state index contributed by atoms with van der Waals surface area (Å²) in [6.45, 7) is 4.61. The number of methoxy groups -OCH3 is 2. The molecule has 1 unspecified atom stereocenters. The van der Waals surface area contributed by atoms with Crippen molar-refractivity contribution in [2.75, 3.05) is 14.2 Å². The molecule has 3 aromatic rings. The highest BCUT2D eigenvalue weighted by molar-refractivity contribution is 5.48. The average molecular weight is 418 g/mol. The first-order chi connectivity index (χ1) is 15.2. The zero-order chi connectivity index (χ0) is 21.6. The Balaban J connectivity index is 1.54. The number of ether oxygens (including phenoxy) is 3. The third-order valence-electron chi connectivity index (χ3n) is 6.06. The van der Waals surface area contributed by atoms with Gasteiger partial charge in [-0.1, -0.05) is 49.4 Å². The van der Waals surface area contributed by atoms with Gasteiger partial charge in [0.15, 0.2) is 11.5 Å². The number of fused-ring (bicyclic) bond motifs is 1. The van der Waals surface area contributed by atoms with E-state index in [1.807, 2.05) is 24.3 Å². The predicted molar refractivity (Wildman–Crippen MR) is 124 cm³/mol. The number of nitrogens with zero attached hydrogens (tertiary/aromatic N) is 1. The van der Waals surface area contributed by atoms with Crippen LogP contribution in [-0.4, -0.2) is 25.2 Å². The molecule has 0 fully saturated rings. The monoisotopic (exact) mass is 417 g/mol. The van der Waals surface area contributed by atoms with Crippen LogP contribution in [0.2, 0.25) is 0 Å². The Morgan fingerprint density at radius 2 is 1.61 bits per heavy atom. The third kappa shape index (κ3) is 5.02. The fraction of sp³-hybridized carbons (Fsp3) is 0.333. The van der Waals surface area contributed by atoms with Gasteiger partial charge in [0.2, 0.25) is 0 Å². The maximum atomic E-state index is 6.14. The first-order valence-electron chi connectivity index (χ1n) is 10.9. The molecule has 4 rings (SSSR count). The van der Waals surface area contributed by atoms with Gasteiger partial charge in [-0.15, -0.1) is 0 Å². The fourth-order valence-electron chi connectivity index (χ4n) is 4.31. The van der Waals surface area contributed by atoms with Crippen molar-refractivity contribution in [2.45, 2.75) is 45.5 Å². The molecule has 0 saturated carbocycles. The molecule has 0 amide bonds. The summed E-state index contributed by atoms with van der Waals surface area (Å²) in [7, 11) is 3.43. The lowest BCUT2D eigenvalue weighted by molar-refractivity contribution is 0.157. The fourth-order valence-corrected chi connectivity index (χ4v) is 4.31. The zero-order valence-electron chi connectivity index (χ0n) is 18.6. The van der Waals surface area contributed by atoms with Gasteiger partial charge in [-0.2, -0.15) is 0 Å². The molecule has 4 nitrogen and oxygen atoms in total. The molecule has 1 aliphatic heterocycles. The van der Waals surface area contributed by atoms with E-state index in [9.17, 15) is 0 Å². The van der Waals surface area contributed by atoms with Crippen LogP contribution < -0.4 is 14.2 Å². The summed E-state index contributed by atoms with van der Waals surface area (Å²) in [5.41, 5.74) is 5.10. The van der Waals surface area contributed by atoms with Crippen molar-refractivity contribution < 1.29 is 14.2 Å². The van der Waals surface area contributed by atoms with Gasteiger partial charge in [0.1, 0.15) is 12.4 Å². The van der Waals surface area contributed by atoms with Crippen molar-refractivity contribution in [3.63, 3.8) is 0 Å². The molecule has 1 atom stereocenters. The van der Waals surface area contributed by atoms with Crippen molar-refractivity contribution >= 4 is 0 Å². The van der Waals surface area contributed by atoms with E-state index in [1.54, 1.807) is 14.2 Å². The quantitative estimate of drug-likeness (QED) is 0.476. The largest absolute Gasteiger partial charge is 0.497 e. The Kier molecular flexibility index (Phi) is 6.78. The molecule has 1 aliphatic rings. The second-order valence-corrected chi connectivity index (χ2v) is 8.07. The predicted octanol–water partition coefficient (Wildman–Crippen LogP) is 5.62. The van der Waals surface area contributed by atoms with Gasteiger partial charge < -0.3 is 14.2 Å². The van der Waals surface area contributed by atoms with Crippen LogP contribution in [0.3, 0.4) is 0 Å². The molecule has 0 radical (unpaired) electrons. The van der Waals surface area contributed by atoms with Gasteiger partial charge in [-0.05, 0) is 59.4 Å². The first-order valence-corrected chi connectivity index (χ1v) is 10.9. The van der Waals surface area contributed by atoms with E-state index in [-0.39, 0.29) is 0 Å². The van der Waals surface area contributed by atoms with E-state index in [0.717, 1.165) is 48.7 Å². The van der Waals surface area contributed by atoms with Crippen LogP contribution in [0.15, 0.2) is 66.7 Å². The lowest BCUT2D eigenvalue weighted by Crippen LogP contribution is -2.39. The highest BCUT2D eigenvalue weighted by atomic mass is 16.5. The van der Waals surface area contributed by atoms with Gasteiger partial charge >= 0.3 is 0 Å². The van der Waals surface area contributed by atoms with Gasteiger partial charge in [-0.3, -0.25) is 4.90 Å². The molecule has 0 spiro atoms. The highest BCUT2D eigenvalue weighted by Gasteiger charge is 2.27. The van der Waals surface area contributed by atoms with E-state index < -0.39 is 0 Å². The molecule has 3 aromatic carbocycles. The second kappa shape index (κ2) is 9.88. The van der Waals surface area contributed by atoms with E-state index in [0.29, 0.717) is 12.6 Å². The minimum absolute atomic E-state index is 0.495. The summed E-state index contributed by atoms with van der Waals surface area (Å²) in [4.78, 5) is 2.56. The Labute approximate surface area is 185 Å².